The van der Waals surface area contributed by atoms with Crippen LogP contribution in [0, 0.1) is 6.92 Å². The summed E-state index contributed by atoms with van der Waals surface area (Å²) in [5.74, 6) is -0.754. The fourth-order valence-electron chi connectivity index (χ4n) is 4.90. The number of aliphatic hydroxyl groups is 1. The number of rotatable bonds is 9. The van der Waals surface area contributed by atoms with Gasteiger partial charge < -0.3 is 25.0 Å². The van der Waals surface area contributed by atoms with Crippen molar-refractivity contribution < 1.29 is 24.2 Å². The molecule has 0 spiro atoms. The third-order valence-electron chi connectivity index (χ3n) is 7.07. The topological polar surface area (TPSA) is 115 Å². The van der Waals surface area contributed by atoms with E-state index in [0.717, 1.165) is 21.7 Å². The maximum Gasteiger partial charge on any atom is 0.245 e. The molecule has 2 fully saturated rings. The number of hydrogen-bond donors (Lipinski definition) is 2. The molecule has 3 heterocycles. The summed E-state index contributed by atoms with van der Waals surface area (Å²) < 4.78 is 5.09. The van der Waals surface area contributed by atoms with Crippen LogP contribution in [-0.2, 0) is 25.7 Å². The van der Waals surface area contributed by atoms with Gasteiger partial charge in [-0.1, -0.05) is 24.3 Å². The number of aliphatic hydroxyl groups excluding tert-OH is 1. The lowest BCUT2D eigenvalue weighted by atomic mass is 10.1. The van der Waals surface area contributed by atoms with E-state index < -0.39 is 18.2 Å². The molecule has 0 saturated carbocycles. The first-order valence-electron chi connectivity index (χ1n) is 12.5. The monoisotopic (exact) mass is 529 g/mol. The lowest BCUT2D eigenvalue weighted by Crippen LogP contribution is -2.59. The molecular weight excluding hydrogens is 494 g/mol. The van der Waals surface area contributed by atoms with Gasteiger partial charge in [0, 0.05) is 46.3 Å². The number of carbonyl (C=O) groups is 3. The van der Waals surface area contributed by atoms with Crippen molar-refractivity contribution in [1.29, 1.82) is 0 Å². The van der Waals surface area contributed by atoms with Crippen molar-refractivity contribution in [1.82, 2.24) is 25.0 Å². The highest BCUT2D eigenvalue weighted by atomic mass is 32.1. The van der Waals surface area contributed by atoms with Gasteiger partial charge >= 0.3 is 0 Å². The normalized spacial score (nSPS) is 21.4. The van der Waals surface area contributed by atoms with E-state index in [9.17, 15) is 19.5 Å². The second kappa shape index (κ2) is 12.1. The molecule has 2 aliphatic heterocycles. The lowest BCUT2D eigenvalue weighted by molar-refractivity contribution is -0.150. The average molecular weight is 530 g/mol. The Kier molecular flexibility index (Phi) is 8.91. The fourth-order valence-corrected chi connectivity index (χ4v) is 5.71. The van der Waals surface area contributed by atoms with E-state index in [1.807, 2.05) is 41.6 Å². The number of ether oxygens (including phenoxy) is 1. The molecule has 4 rings (SSSR count). The number of β-amino-alcohol motifs (C(OH)–C–C–N with tert-alkyl or cyclic N) is 1. The number of amides is 3. The molecule has 2 saturated heterocycles. The molecule has 11 heteroatoms. The van der Waals surface area contributed by atoms with E-state index >= 15 is 0 Å². The molecule has 2 aromatic rings. The van der Waals surface area contributed by atoms with Gasteiger partial charge in [0.15, 0.2) is 0 Å². The first-order chi connectivity index (χ1) is 17.8. The standard InChI is InChI=1S/C26H35N5O5S/c1-17-24(37-16-28-17)20-6-4-19(5-7-20)13-27-25(34)22-12-21(32)14-31(22)26(35)18(2)30-9-8-29(10-11-36-3)15-23(30)33/h4-7,16,18,21-22,32H,8-15H2,1-3H3,(H,27,34). The Morgan fingerprint density at radius 3 is 2.68 bits per heavy atom. The number of methoxy groups -OCH3 is 1. The van der Waals surface area contributed by atoms with Crippen molar-refractivity contribution in [3.63, 3.8) is 0 Å². The number of piperazine rings is 1. The molecule has 3 unspecified atom stereocenters. The number of aryl methyl sites for hydroxylation is 1. The molecule has 10 nitrogen and oxygen atoms in total. The van der Waals surface area contributed by atoms with Crippen molar-refractivity contribution in [3.05, 3.63) is 41.0 Å². The molecule has 0 aliphatic carbocycles. The minimum atomic E-state index is -0.782. The zero-order valence-corrected chi connectivity index (χ0v) is 22.4. The molecule has 37 heavy (non-hydrogen) atoms. The fraction of sp³-hybridized carbons (Fsp3) is 0.538. The second-order valence-corrected chi connectivity index (χ2v) is 10.5. The van der Waals surface area contributed by atoms with Gasteiger partial charge in [0.05, 0.1) is 35.3 Å². The Balaban J connectivity index is 1.34. The number of likely N-dealkylation sites (tertiary alicyclic amines) is 1. The van der Waals surface area contributed by atoms with E-state index in [4.69, 9.17) is 4.74 Å². The number of hydrogen-bond acceptors (Lipinski definition) is 8. The lowest BCUT2D eigenvalue weighted by Gasteiger charge is -2.38. The third-order valence-corrected chi connectivity index (χ3v) is 8.04. The SMILES string of the molecule is COCCN1CCN(C(C)C(=O)N2CC(O)CC2C(=O)NCc2ccc(-c3scnc3C)cc2)C(=O)C1. The highest BCUT2D eigenvalue weighted by Gasteiger charge is 2.42. The van der Waals surface area contributed by atoms with Crippen LogP contribution in [0.2, 0.25) is 0 Å². The van der Waals surface area contributed by atoms with Crippen LogP contribution in [-0.4, -0.2) is 107 Å². The van der Waals surface area contributed by atoms with E-state index in [1.54, 1.807) is 30.3 Å². The first-order valence-corrected chi connectivity index (χ1v) is 13.4. The van der Waals surface area contributed by atoms with Gasteiger partial charge in [0.2, 0.25) is 17.7 Å². The molecule has 3 atom stereocenters. The summed E-state index contributed by atoms with van der Waals surface area (Å²) >= 11 is 1.59. The maximum absolute atomic E-state index is 13.4. The number of carbonyl (C=O) groups excluding carboxylic acids is 3. The summed E-state index contributed by atoms with van der Waals surface area (Å²) in [4.78, 5) is 49.5. The quantitative estimate of drug-likeness (QED) is 0.496. The molecule has 0 radical (unpaired) electrons. The Hall–Kier alpha value is -2.86. The summed E-state index contributed by atoms with van der Waals surface area (Å²) in [5, 5.41) is 13.2. The van der Waals surface area contributed by atoms with Crippen molar-refractivity contribution in [3.8, 4) is 10.4 Å². The van der Waals surface area contributed by atoms with E-state index in [-0.39, 0.29) is 37.2 Å². The minimum absolute atomic E-state index is 0.0755. The summed E-state index contributed by atoms with van der Waals surface area (Å²) in [6, 6.07) is 6.44. The van der Waals surface area contributed by atoms with Crippen LogP contribution in [0.4, 0.5) is 0 Å². The van der Waals surface area contributed by atoms with Crippen molar-refractivity contribution >= 4 is 29.1 Å². The van der Waals surface area contributed by atoms with Crippen molar-refractivity contribution in [2.45, 2.75) is 45.0 Å². The number of nitrogens with one attached hydrogen (secondary N) is 1. The molecule has 1 aromatic heterocycles. The number of aromatic nitrogens is 1. The van der Waals surface area contributed by atoms with E-state index in [1.165, 1.54) is 4.90 Å². The largest absolute Gasteiger partial charge is 0.391 e. The van der Waals surface area contributed by atoms with Crippen molar-refractivity contribution in [2.75, 3.05) is 46.4 Å². The Morgan fingerprint density at radius 2 is 2.03 bits per heavy atom. The third kappa shape index (κ3) is 6.35. The predicted octanol–water partition coefficient (Wildman–Crippen LogP) is 0.876. The van der Waals surface area contributed by atoms with Crippen LogP contribution in [0.3, 0.4) is 0 Å². The summed E-state index contributed by atoms with van der Waals surface area (Å²) in [6.07, 6.45) is -0.609. The number of nitrogens with zero attached hydrogens (tertiary/aromatic N) is 4. The predicted molar refractivity (Wildman–Crippen MR) is 140 cm³/mol. The summed E-state index contributed by atoms with van der Waals surface area (Å²) in [5.41, 5.74) is 4.82. The van der Waals surface area contributed by atoms with Gasteiger partial charge in [0.25, 0.3) is 0 Å². The maximum atomic E-state index is 13.4. The zero-order chi connectivity index (χ0) is 26.5. The molecule has 1 aromatic carbocycles. The van der Waals surface area contributed by atoms with Gasteiger partial charge in [-0.05, 0) is 25.0 Å². The van der Waals surface area contributed by atoms with E-state index in [2.05, 4.69) is 10.3 Å². The van der Waals surface area contributed by atoms with Crippen molar-refractivity contribution in [2.24, 2.45) is 0 Å². The van der Waals surface area contributed by atoms with Gasteiger partial charge in [-0.25, -0.2) is 4.98 Å². The van der Waals surface area contributed by atoms with Gasteiger partial charge in [-0.3, -0.25) is 19.3 Å². The molecule has 2 aliphatic rings. The van der Waals surface area contributed by atoms with Crippen LogP contribution < -0.4 is 5.32 Å². The molecule has 2 N–H and O–H groups in total. The molecule has 3 amide bonds. The van der Waals surface area contributed by atoms with Crippen LogP contribution in [0.15, 0.2) is 29.8 Å². The average Bonchev–Trinajstić information content (AvgIpc) is 3.51. The molecular formula is C26H35N5O5S. The molecule has 200 valence electrons. The zero-order valence-electron chi connectivity index (χ0n) is 21.6. The van der Waals surface area contributed by atoms with Crippen LogP contribution in [0.25, 0.3) is 10.4 Å². The number of thiazole rings is 1. The second-order valence-electron chi connectivity index (χ2n) is 9.61. The summed E-state index contributed by atoms with van der Waals surface area (Å²) in [7, 11) is 1.62. The molecule has 0 bridgehead atoms. The van der Waals surface area contributed by atoms with Crippen LogP contribution in [0.1, 0.15) is 24.6 Å². The van der Waals surface area contributed by atoms with Gasteiger partial charge in [-0.15, -0.1) is 11.3 Å². The highest BCUT2D eigenvalue weighted by molar-refractivity contribution is 7.13. The number of benzene rings is 1. The van der Waals surface area contributed by atoms with E-state index in [0.29, 0.717) is 32.8 Å². The highest BCUT2D eigenvalue weighted by Crippen LogP contribution is 2.27. The van der Waals surface area contributed by atoms with Gasteiger partial charge in [-0.2, -0.15) is 0 Å². The Labute approximate surface area is 221 Å². The van der Waals surface area contributed by atoms with Crippen LogP contribution >= 0.6 is 11.3 Å². The smallest absolute Gasteiger partial charge is 0.245 e. The minimum Gasteiger partial charge on any atom is -0.391 e. The Bertz CT molecular complexity index is 1110. The summed E-state index contributed by atoms with van der Waals surface area (Å²) in [6.45, 7) is 6.57. The first kappa shape index (κ1) is 27.2. The Morgan fingerprint density at radius 1 is 1.27 bits per heavy atom. The van der Waals surface area contributed by atoms with Crippen LogP contribution in [0.5, 0.6) is 0 Å². The van der Waals surface area contributed by atoms with Gasteiger partial charge in [0.1, 0.15) is 12.1 Å².